The molecule has 0 unspecified atom stereocenters. The van der Waals surface area contributed by atoms with Crippen molar-refractivity contribution in [2.24, 2.45) is 0 Å². The molecule has 19 heavy (non-hydrogen) atoms. The van der Waals surface area contributed by atoms with E-state index in [2.05, 4.69) is 74.2 Å². The first-order valence-corrected chi connectivity index (χ1v) is 22.5. The van der Waals surface area contributed by atoms with Gasteiger partial charge in [0.1, 0.15) is 0 Å². The molecular weight excluding hydrogens is 545 g/mol. The van der Waals surface area contributed by atoms with Gasteiger partial charge in [0.2, 0.25) is 0 Å². The summed E-state index contributed by atoms with van der Waals surface area (Å²) in [6.45, 7) is 4.13. The predicted molar refractivity (Wildman–Crippen MR) is 91.7 cm³/mol. The van der Waals surface area contributed by atoms with Crippen molar-refractivity contribution < 1.29 is 18.4 Å². The maximum absolute atomic E-state index is 6.05. The molecule has 0 aliphatic heterocycles. The van der Waals surface area contributed by atoms with Gasteiger partial charge in [-0.15, -0.1) is 0 Å². The van der Waals surface area contributed by atoms with Crippen molar-refractivity contribution in [2.75, 3.05) is 0 Å². The van der Waals surface area contributed by atoms with Crippen LogP contribution in [0.3, 0.4) is 0 Å². The number of benzene rings is 2. The van der Waals surface area contributed by atoms with Crippen LogP contribution in [0.1, 0.15) is 11.1 Å². The summed E-state index contributed by atoms with van der Waals surface area (Å²) < 4.78 is 12.1. The molecular formula is C14H14I2O2Zr. The molecule has 0 radical (unpaired) electrons. The number of halogens is 2. The Morgan fingerprint density at radius 1 is 0.684 bits per heavy atom. The van der Waals surface area contributed by atoms with Crippen molar-refractivity contribution in [3.8, 4) is 11.5 Å². The SMILES string of the molecule is Cc1ccc([O][Zr]([I])([I])[O]c2ccc(C)cc2)cc1. The van der Waals surface area contributed by atoms with E-state index in [1.807, 2.05) is 24.3 Å². The third kappa shape index (κ3) is 5.34. The number of rotatable bonds is 4. The Bertz CT molecular complexity index is 489. The number of hydrogen-bond donors (Lipinski definition) is 0. The Balaban J connectivity index is 2.05. The van der Waals surface area contributed by atoms with Crippen LogP contribution in [0.25, 0.3) is 0 Å². The molecule has 2 rings (SSSR count). The van der Waals surface area contributed by atoms with Crippen LogP contribution in [0.5, 0.6) is 11.5 Å². The molecule has 0 N–H and O–H groups in total. The van der Waals surface area contributed by atoms with E-state index in [1.165, 1.54) is 11.1 Å². The summed E-state index contributed by atoms with van der Waals surface area (Å²) in [5.41, 5.74) is 2.46. The molecule has 0 saturated heterocycles. The van der Waals surface area contributed by atoms with Gasteiger partial charge in [0, 0.05) is 0 Å². The Hall–Kier alpha value is 0.383. The van der Waals surface area contributed by atoms with Gasteiger partial charge in [0.05, 0.1) is 0 Å². The average Bonchev–Trinajstić information content (AvgIpc) is 2.34. The fourth-order valence-electron chi connectivity index (χ4n) is 1.51. The van der Waals surface area contributed by atoms with Crippen LogP contribution in [0, 0.1) is 13.8 Å². The van der Waals surface area contributed by atoms with Gasteiger partial charge < -0.3 is 0 Å². The summed E-state index contributed by atoms with van der Waals surface area (Å²) in [7, 11) is 0. The first-order valence-electron chi connectivity index (χ1n) is 5.84. The van der Waals surface area contributed by atoms with Gasteiger partial charge in [-0.2, -0.15) is 0 Å². The fourth-order valence-corrected chi connectivity index (χ4v) is 9.65. The van der Waals surface area contributed by atoms with Gasteiger partial charge in [-0.3, -0.25) is 0 Å². The predicted octanol–water partition coefficient (Wildman–Crippen LogP) is 5.45. The zero-order valence-corrected chi connectivity index (χ0v) is 17.5. The summed E-state index contributed by atoms with van der Waals surface area (Å²) in [6, 6.07) is 16.2. The molecule has 100 valence electrons. The zero-order chi connectivity index (χ0) is 13.9. The van der Waals surface area contributed by atoms with E-state index in [9.17, 15) is 0 Å². The molecule has 0 amide bonds. The summed E-state index contributed by atoms with van der Waals surface area (Å²) in [5, 5.41) is 0. The van der Waals surface area contributed by atoms with Gasteiger partial charge in [-0.25, -0.2) is 0 Å². The Kier molecular flexibility index (Phi) is 5.72. The molecule has 0 aromatic heterocycles. The minimum absolute atomic E-state index is 0.886. The van der Waals surface area contributed by atoms with Crippen molar-refractivity contribution in [1.82, 2.24) is 0 Å². The quantitative estimate of drug-likeness (QED) is 0.465. The first kappa shape index (κ1) is 15.8. The maximum atomic E-state index is 6.05. The molecule has 5 heteroatoms. The van der Waals surface area contributed by atoms with E-state index in [0.717, 1.165) is 11.5 Å². The van der Waals surface area contributed by atoms with E-state index in [4.69, 9.17) is 5.63 Å². The van der Waals surface area contributed by atoms with Crippen molar-refractivity contribution in [2.45, 2.75) is 13.8 Å². The normalized spacial score (nSPS) is 11.2. The standard InChI is InChI=1S/2C7H8O.2HI.Zr/c2*1-6-2-4-7(8)5-3-6;;;/h2*2-5,8H,1H3;2*1H;/q;;;;+4/p-4. The molecule has 0 saturated carbocycles. The molecule has 0 spiro atoms. The van der Waals surface area contributed by atoms with Crippen LogP contribution in [0.4, 0.5) is 0 Å². The van der Waals surface area contributed by atoms with Crippen molar-refractivity contribution in [1.29, 1.82) is 0 Å². The summed E-state index contributed by atoms with van der Waals surface area (Å²) in [4.78, 5) is 0. The Morgan fingerprint density at radius 2 is 1.00 bits per heavy atom. The van der Waals surface area contributed by atoms with E-state index >= 15 is 0 Å². The van der Waals surface area contributed by atoms with Gasteiger partial charge in [-0.05, 0) is 0 Å². The number of hydrogen-bond acceptors (Lipinski definition) is 2. The molecule has 0 bridgehead atoms. The second-order valence-electron chi connectivity index (χ2n) is 4.29. The van der Waals surface area contributed by atoms with Crippen molar-refractivity contribution >= 4 is 36.1 Å². The van der Waals surface area contributed by atoms with E-state index in [1.54, 1.807) is 0 Å². The topological polar surface area (TPSA) is 18.5 Å². The first-order chi connectivity index (χ1) is 8.94. The van der Waals surface area contributed by atoms with E-state index in [0.29, 0.717) is 0 Å². The van der Waals surface area contributed by atoms with Crippen LogP contribution in [-0.4, -0.2) is 0 Å². The van der Waals surface area contributed by atoms with Gasteiger partial charge in [0.15, 0.2) is 0 Å². The zero-order valence-electron chi connectivity index (χ0n) is 10.7. The van der Waals surface area contributed by atoms with E-state index < -0.39 is 12.8 Å². The van der Waals surface area contributed by atoms with Crippen LogP contribution in [-0.2, 0) is 12.8 Å². The third-order valence-electron chi connectivity index (χ3n) is 2.52. The third-order valence-corrected chi connectivity index (χ3v) is 10.1. The second-order valence-corrected chi connectivity index (χ2v) is 36.6. The molecule has 2 aromatic rings. The second kappa shape index (κ2) is 6.90. The summed E-state index contributed by atoms with van der Waals surface area (Å²) in [5.74, 6) is 1.77. The molecule has 0 aliphatic carbocycles. The summed E-state index contributed by atoms with van der Waals surface area (Å²) >= 11 is 1.65. The monoisotopic (exact) mass is 558 g/mol. The Labute approximate surface area is 137 Å². The summed E-state index contributed by atoms with van der Waals surface area (Å²) in [6.07, 6.45) is 0. The Morgan fingerprint density at radius 3 is 1.32 bits per heavy atom. The van der Waals surface area contributed by atoms with Crippen molar-refractivity contribution in [3.05, 3.63) is 59.7 Å². The van der Waals surface area contributed by atoms with Crippen LogP contribution in [0.15, 0.2) is 48.5 Å². The average molecular weight is 559 g/mol. The molecule has 0 aliphatic rings. The number of aryl methyl sites for hydroxylation is 2. The molecule has 0 heterocycles. The van der Waals surface area contributed by atoms with Crippen LogP contribution >= 0.6 is 36.1 Å². The van der Waals surface area contributed by atoms with Crippen LogP contribution in [0.2, 0.25) is 0 Å². The molecule has 0 atom stereocenters. The van der Waals surface area contributed by atoms with Crippen LogP contribution < -0.4 is 5.63 Å². The molecule has 2 aromatic carbocycles. The van der Waals surface area contributed by atoms with Gasteiger partial charge >= 0.3 is 139 Å². The molecule has 0 fully saturated rings. The fraction of sp³-hybridized carbons (Fsp3) is 0.143. The van der Waals surface area contributed by atoms with E-state index in [-0.39, 0.29) is 0 Å². The van der Waals surface area contributed by atoms with Gasteiger partial charge in [0.25, 0.3) is 0 Å². The van der Waals surface area contributed by atoms with Gasteiger partial charge in [-0.1, -0.05) is 0 Å². The molecule has 2 nitrogen and oxygen atoms in total. The minimum atomic E-state index is -3.06. The van der Waals surface area contributed by atoms with Crippen molar-refractivity contribution in [3.63, 3.8) is 0 Å².